The molecule has 28 heavy (non-hydrogen) atoms. The summed E-state index contributed by atoms with van der Waals surface area (Å²) >= 11 is 0. The number of amides is 2. The number of sulfonamides is 1. The Bertz CT molecular complexity index is 1050. The van der Waals surface area contributed by atoms with Crippen LogP contribution >= 0.6 is 0 Å². The summed E-state index contributed by atoms with van der Waals surface area (Å²) in [5, 5.41) is 4.55. The molecule has 2 aromatic rings. The quantitative estimate of drug-likeness (QED) is 0.837. The Hall–Kier alpha value is -2.45. The summed E-state index contributed by atoms with van der Waals surface area (Å²) in [5.41, 5.74) is 0. The summed E-state index contributed by atoms with van der Waals surface area (Å²) in [7, 11) is -3.76. The van der Waals surface area contributed by atoms with Gasteiger partial charge in [-0.05, 0) is 28.8 Å². The molecule has 2 aliphatic heterocycles. The summed E-state index contributed by atoms with van der Waals surface area (Å²) in [6.07, 6.45) is 0. The van der Waals surface area contributed by atoms with E-state index < -0.39 is 22.1 Å². The Morgan fingerprint density at radius 2 is 1.75 bits per heavy atom. The number of hydrogen-bond donors (Lipinski definition) is 1. The summed E-state index contributed by atoms with van der Waals surface area (Å²) in [6, 6.07) is 11.2. The van der Waals surface area contributed by atoms with Crippen molar-refractivity contribution in [1.82, 2.24) is 14.5 Å². The fraction of sp³-hybridized carbons (Fsp3) is 0.400. The Kier molecular flexibility index (Phi) is 4.63. The lowest BCUT2D eigenvalue weighted by atomic mass is 9.97. The van der Waals surface area contributed by atoms with Crippen molar-refractivity contribution in [3.63, 3.8) is 0 Å². The number of nitrogens with one attached hydrogen (secondary N) is 1. The summed E-state index contributed by atoms with van der Waals surface area (Å²) < 4.78 is 27.6. The van der Waals surface area contributed by atoms with Gasteiger partial charge in [-0.3, -0.25) is 9.59 Å². The minimum Gasteiger partial charge on any atom is -0.342 e. The third-order valence-corrected chi connectivity index (χ3v) is 7.38. The molecule has 0 unspecified atom stereocenters. The number of hydrogen-bond acceptors (Lipinski definition) is 4. The topological polar surface area (TPSA) is 86.8 Å². The van der Waals surface area contributed by atoms with Gasteiger partial charge in [-0.2, -0.15) is 4.31 Å². The number of fused-ring (bicyclic) bond motifs is 2. The first-order chi connectivity index (χ1) is 13.3. The van der Waals surface area contributed by atoms with E-state index in [4.69, 9.17) is 0 Å². The highest BCUT2D eigenvalue weighted by Gasteiger charge is 2.46. The number of benzene rings is 2. The fourth-order valence-electron chi connectivity index (χ4n) is 3.88. The van der Waals surface area contributed by atoms with E-state index in [-0.39, 0.29) is 42.3 Å². The molecule has 148 valence electrons. The molecule has 2 fully saturated rings. The van der Waals surface area contributed by atoms with Gasteiger partial charge in [0.15, 0.2) is 0 Å². The number of piperazine rings is 2. The first-order valence-corrected chi connectivity index (χ1v) is 10.8. The second kappa shape index (κ2) is 6.86. The molecule has 0 aliphatic carbocycles. The average molecular weight is 401 g/mol. The van der Waals surface area contributed by atoms with E-state index in [1.807, 2.05) is 38.1 Å². The van der Waals surface area contributed by atoms with Crippen molar-refractivity contribution < 1.29 is 18.0 Å². The van der Waals surface area contributed by atoms with Crippen LogP contribution in [0.5, 0.6) is 0 Å². The highest BCUT2D eigenvalue weighted by molar-refractivity contribution is 7.89. The average Bonchev–Trinajstić information content (AvgIpc) is 2.69. The van der Waals surface area contributed by atoms with Crippen LogP contribution in [0.15, 0.2) is 47.4 Å². The summed E-state index contributed by atoms with van der Waals surface area (Å²) in [4.78, 5) is 26.9. The molecule has 2 amide bonds. The van der Waals surface area contributed by atoms with E-state index in [2.05, 4.69) is 5.32 Å². The van der Waals surface area contributed by atoms with E-state index in [0.717, 1.165) is 10.8 Å². The Morgan fingerprint density at radius 1 is 1.04 bits per heavy atom. The molecule has 8 heteroatoms. The lowest BCUT2D eigenvalue weighted by molar-refractivity contribution is -0.152. The van der Waals surface area contributed by atoms with Gasteiger partial charge < -0.3 is 10.2 Å². The van der Waals surface area contributed by atoms with Gasteiger partial charge in [0.2, 0.25) is 21.8 Å². The first kappa shape index (κ1) is 18.9. The molecule has 1 N–H and O–H groups in total. The Balaban J connectivity index is 1.60. The van der Waals surface area contributed by atoms with E-state index >= 15 is 0 Å². The fourth-order valence-corrected chi connectivity index (χ4v) is 5.36. The second-order valence-corrected chi connectivity index (χ2v) is 9.59. The predicted octanol–water partition coefficient (Wildman–Crippen LogP) is 1.20. The molecule has 0 bridgehead atoms. The largest absolute Gasteiger partial charge is 0.342 e. The van der Waals surface area contributed by atoms with Crippen LogP contribution in [0.1, 0.15) is 13.8 Å². The molecule has 2 aliphatic rings. The maximum atomic E-state index is 13.2. The lowest BCUT2D eigenvalue weighted by Crippen LogP contribution is -2.70. The Morgan fingerprint density at radius 3 is 2.46 bits per heavy atom. The van der Waals surface area contributed by atoms with Crippen LogP contribution in [-0.2, 0) is 19.6 Å². The minimum atomic E-state index is -3.76. The van der Waals surface area contributed by atoms with Gasteiger partial charge >= 0.3 is 0 Å². The van der Waals surface area contributed by atoms with Crippen LogP contribution in [0, 0.1) is 5.92 Å². The van der Waals surface area contributed by atoms with Crippen LogP contribution < -0.4 is 5.32 Å². The molecule has 2 saturated heterocycles. The van der Waals surface area contributed by atoms with E-state index in [1.165, 1.54) is 9.21 Å². The molecular weight excluding hydrogens is 378 g/mol. The van der Waals surface area contributed by atoms with Crippen molar-refractivity contribution in [3.8, 4) is 0 Å². The molecule has 2 heterocycles. The molecular formula is C20H23N3O4S. The zero-order valence-electron chi connectivity index (χ0n) is 15.8. The van der Waals surface area contributed by atoms with Crippen LogP contribution in [0.4, 0.5) is 0 Å². The maximum absolute atomic E-state index is 13.2. The van der Waals surface area contributed by atoms with Crippen LogP contribution in [0.2, 0.25) is 0 Å². The smallest absolute Gasteiger partial charge is 0.246 e. The van der Waals surface area contributed by atoms with Crippen molar-refractivity contribution in [3.05, 3.63) is 42.5 Å². The Labute approximate surface area is 164 Å². The highest BCUT2D eigenvalue weighted by Crippen LogP contribution is 2.26. The lowest BCUT2D eigenvalue weighted by Gasteiger charge is -2.45. The standard InChI is InChI=1S/C20H23N3O4S/c1-13(2)18-20(25)23-10-9-22(12-17(23)19(24)21-18)28(26,27)16-8-7-14-5-3-4-6-15(14)11-16/h3-8,11,13,17-18H,9-10,12H2,1-2H3,(H,21,24)/t17-,18+/m1/s1. The monoisotopic (exact) mass is 401 g/mol. The van der Waals surface area contributed by atoms with Gasteiger partial charge in [0.05, 0.1) is 4.90 Å². The number of nitrogens with zero attached hydrogens (tertiary/aromatic N) is 2. The van der Waals surface area contributed by atoms with Crippen LogP contribution in [0.3, 0.4) is 0 Å². The van der Waals surface area contributed by atoms with Gasteiger partial charge in [-0.25, -0.2) is 8.42 Å². The second-order valence-electron chi connectivity index (χ2n) is 7.65. The van der Waals surface area contributed by atoms with E-state index in [9.17, 15) is 18.0 Å². The van der Waals surface area contributed by atoms with Crippen molar-refractivity contribution in [1.29, 1.82) is 0 Å². The minimum absolute atomic E-state index is 0.0169. The van der Waals surface area contributed by atoms with Gasteiger partial charge in [-0.1, -0.05) is 44.2 Å². The predicted molar refractivity (Wildman–Crippen MR) is 105 cm³/mol. The van der Waals surface area contributed by atoms with Gasteiger partial charge in [-0.15, -0.1) is 0 Å². The molecule has 2 aromatic carbocycles. The number of carbonyl (C=O) groups excluding carboxylic acids is 2. The van der Waals surface area contributed by atoms with Crippen LogP contribution in [-0.4, -0.2) is 61.2 Å². The third kappa shape index (κ3) is 3.06. The molecule has 7 nitrogen and oxygen atoms in total. The maximum Gasteiger partial charge on any atom is 0.246 e. The third-order valence-electron chi connectivity index (χ3n) is 5.52. The highest BCUT2D eigenvalue weighted by atomic mass is 32.2. The molecule has 0 radical (unpaired) electrons. The molecule has 0 spiro atoms. The zero-order valence-corrected chi connectivity index (χ0v) is 16.6. The number of rotatable bonds is 3. The molecule has 2 atom stereocenters. The van der Waals surface area contributed by atoms with Crippen molar-refractivity contribution in [2.24, 2.45) is 5.92 Å². The van der Waals surface area contributed by atoms with Crippen LogP contribution in [0.25, 0.3) is 10.8 Å². The summed E-state index contributed by atoms with van der Waals surface area (Å²) in [6.45, 7) is 4.12. The SMILES string of the molecule is CC(C)[C@@H]1NC(=O)[C@H]2CN(S(=O)(=O)c3ccc4ccccc4c3)CCN2C1=O. The van der Waals surface area contributed by atoms with Crippen molar-refractivity contribution >= 4 is 32.6 Å². The van der Waals surface area contributed by atoms with Gasteiger partial charge in [0.1, 0.15) is 12.1 Å². The van der Waals surface area contributed by atoms with E-state index in [0.29, 0.717) is 0 Å². The van der Waals surface area contributed by atoms with Crippen molar-refractivity contribution in [2.45, 2.75) is 30.8 Å². The molecule has 4 rings (SSSR count). The number of carbonyl (C=O) groups is 2. The first-order valence-electron chi connectivity index (χ1n) is 9.39. The molecule has 0 saturated carbocycles. The van der Waals surface area contributed by atoms with E-state index in [1.54, 1.807) is 18.2 Å². The van der Waals surface area contributed by atoms with Crippen molar-refractivity contribution in [2.75, 3.05) is 19.6 Å². The van der Waals surface area contributed by atoms with Gasteiger partial charge in [0, 0.05) is 19.6 Å². The zero-order chi connectivity index (χ0) is 20.1. The molecule has 0 aromatic heterocycles. The van der Waals surface area contributed by atoms with Gasteiger partial charge in [0.25, 0.3) is 0 Å². The normalized spacial score (nSPS) is 23.8. The summed E-state index contributed by atoms with van der Waals surface area (Å²) in [5.74, 6) is -0.448.